The Bertz CT molecular complexity index is 717. The van der Waals surface area contributed by atoms with E-state index in [4.69, 9.17) is 5.73 Å². The number of aryl methyl sites for hydroxylation is 2. The molecule has 0 atom stereocenters. The van der Waals surface area contributed by atoms with Crippen molar-refractivity contribution in [3.8, 4) is 17.0 Å². The van der Waals surface area contributed by atoms with E-state index in [1.54, 1.807) is 24.4 Å². The highest BCUT2D eigenvalue weighted by atomic mass is 16.3. The maximum absolute atomic E-state index is 9.29. The number of pyridine rings is 1. The SMILES string of the molecule is Nc1ccc(-c2cncn2CCc2ccc(O)cc2)cn1. The van der Waals surface area contributed by atoms with E-state index in [1.165, 1.54) is 5.56 Å². The highest BCUT2D eigenvalue weighted by Crippen LogP contribution is 2.19. The maximum Gasteiger partial charge on any atom is 0.123 e. The monoisotopic (exact) mass is 280 g/mol. The van der Waals surface area contributed by atoms with Gasteiger partial charge in [-0.05, 0) is 36.2 Å². The third-order valence-electron chi connectivity index (χ3n) is 3.37. The van der Waals surface area contributed by atoms with Gasteiger partial charge in [0.2, 0.25) is 0 Å². The van der Waals surface area contributed by atoms with Crippen molar-refractivity contribution < 1.29 is 5.11 Å². The Hall–Kier alpha value is -2.82. The first-order valence-corrected chi connectivity index (χ1v) is 6.72. The van der Waals surface area contributed by atoms with Gasteiger partial charge in [0.05, 0.1) is 18.2 Å². The van der Waals surface area contributed by atoms with Gasteiger partial charge in [-0.15, -0.1) is 0 Å². The molecular weight excluding hydrogens is 264 g/mol. The Labute approximate surface area is 122 Å². The van der Waals surface area contributed by atoms with Crippen molar-refractivity contribution >= 4 is 5.82 Å². The molecule has 0 aliphatic rings. The van der Waals surface area contributed by atoms with Gasteiger partial charge in [0.1, 0.15) is 11.6 Å². The fourth-order valence-electron chi connectivity index (χ4n) is 2.21. The number of aromatic nitrogens is 3. The highest BCUT2D eigenvalue weighted by molar-refractivity contribution is 5.59. The molecule has 1 aromatic carbocycles. The lowest BCUT2D eigenvalue weighted by atomic mass is 10.1. The van der Waals surface area contributed by atoms with E-state index in [0.29, 0.717) is 5.82 Å². The van der Waals surface area contributed by atoms with Crippen LogP contribution in [-0.4, -0.2) is 19.6 Å². The summed E-state index contributed by atoms with van der Waals surface area (Å²) in [6.45, 7) is 0.810. The Morgan fingerprint density at radius 1 is 1.05 bits per heavy atom. The molecule has 0 bridgehead atoms. The number of benzene rings is 1. The number of phenolic OH excluding ortho intramolecular Hbond substituents is 1. The van der Waals surface area contributed by atoms with Gasteiger partial charge in [0.25, 0.3) is 0 Å². The fourth-order valence-corrected chi connectivity index (χ4v) is 2.21. The minimum atomic E-state index is 0.287. The molecule has 2 heterocycles. The van der Waals surface area contributed by atoms with E-state index in [-0.39, 0.29) is 5.75 Å². The molecule has 0 unspecified atom stereocenters. The van der Waals surface area contributed by atoms with Crippen LogP contribution in [0.2, 0.25) is 0 Å². The quantitative estimate of drug-likeness (QED) is 0.769. The van der Waals surface area contributed by atoms with Gasteiger partial charge in [0.15, 0.2) is 0 Å². The fraction of sp³-hybridized carbons (Fsp3) is 0.125. The third kappa shape index (κ3) is 3.02. The predicted molar refractivity (Wildman–Crippen MR) is 81.7 cm³/mol. The first-order chi connectivity index (χ1) is 10.2. The van der Waals surface area contributed by atoms with Crippen LogP contribution < -0.4 is 5.73 Å². The summed E-state index contributed by atoms with van der Waals surface area (Å²) in [5, 5.41) is 9.29. The van der Waals surface area contributed by atoms with Gasteiger partial charge in [0, 0.05) is 18.3 Å². The number of rotatable bonds is 4. The van der Waals surface area contributed by atoms with E-state index in [1.807, 2.05) is 30.7 Å². The second-order valence-electron chi connectivity index (χ2n) is 4.86. The zero-order valence-corrected chi connectivity index (χ0v) is 11.5. The number of nitrogens with two attached hydrogens (primary N) is 1. The number of nitrogen functional groups attached to an aromatic ring is 1. The van der Waals surface area contributed by atoms with Gasteiger partial charge in [-0.2, -0.15) is 0 Å². The smallest absolute Gasteiger partial charge is 0.123 e. The lowest BCUT2D eigenvalue weighted by molar-refractivity contribution is 0.475. The second kappa shape index (κ2) is 5.66. The van der Waals surface area contributed by atoms with Gasteiger partial charge in [-0.1, -0.05) is 12.1 Å². The van der Waals surface area contributed by atoms with Crippen LogP contribution in [0.15, 0.2) is 55.1 Å². The molecule has 2 aromatic heterocycles. The second-order valence-corrected chi connectivity index (χ2v) is 4.86. The first kappa shape index (κ1) is 13.2. The summed E-state index contributed by atoms with van der Waals surface area (Å²) in [5.41, 5.74) is 8.79. The van der Waals surface area contributed by atoms with Gasteiger partial charge in [-0.25, -0.2) is 9.97 Å². The molecule has 0 saturated heterocycles. The van der Waals surface area contributed by atoms with Gasteiger partial charge >= 0.3 is 0 Å². The van der Waals surface area contributed by atoms with E-state index in [0.717, 1.165) is 24.2 Å². The summed E-state index contributed by atoms with van der Waals surface area (Å²) >= 11 is 0. The van der Waals surface area contributed by atoms with Crippen LogP contribution in [0.4, 0.5) is 5.82 Å². The van der Waals surface area contributed by atoms with E-state index >= 15 is 0 Å². The average molecular weight is 280 g/mol. The molecule has 3 aromatic rings. The molecule has 0 fully saturated rings. The molecule has 5 heteroatoms. The predicted octanol–water partition coefficient (Wildman–Crippen LogP) is 2.48. The van der Waals surface area contributed by atoms with E-state index in [2.05, 4.69) is 14.5 Å². The number of phenols is 1. The number of nitrogens with zero attached hydrogens (tertiary/aromatic N) is 3. The topological polar surface area (TPSA) is 77.0 Å². The molecule has 0 amide bonds. The number of imidazole rings is 1. The zero-order chi connectivity index (χ0) is 14.7. The average Bonchev–Trinajstić information content (AvgIpc) is 2.96. The van der Waals surface area contributed by atoms with Crippen molar-refractivity contribution in [3.05, 3.63) is 60.7 Å². The van der Waals surface area contributed by atoms with Crippen molar-refractivity contribution in [2.24, 2.45) is 0 Å². The Balaban J connectivity index is 1.76. The standard InChI is InChI=1S/C16H16N4O/c17-16-6-3-13(9-19-16)15-10-18-11-20(15)8-7-12-1-4-14(21)5-2-12/h1-6,9-11,21H,7-8H2,(H2,17,19). The van der Waals surface area contributed by atoms with Crippen LogP contribution in [0.5, 0.6) is 5.75 Å². The van der Waals surface area contributed by atoms with Gasteiger partial charge < -0.3 is 15.4 Å². The van der Waals surface area contributed by atoms with Crippen molar-refractivity contribution in [1.29, 1.82) is 0 Å². The largest absolute Gasteiger partial charge is 0.508 e. The lowest BCUT2D eigenvalue weighted by Crippen LogP contribution is -2.02. The van der Waals surface area contributed by atoms with Crippen molar-refractivity contribution in [1.82, 2.24) is 14.5 Å². The Kier molecular flexibility index (Phi) is 3.55. The molecule has 0 radical (unpaired) electrons. The number of hydrogen-bond donors (Lipinski definition) is 2. The Morgan fingerprint density at radius 3 is 2.57 bits per heavy atom. The third-order valence-corrected chi connectivity index (χ3v) is 3.37. The minimum absolute atomic E-state index is 0.287. The summed E-state index contributed by atoms with van der Waals surface area (Å²) in [7, 11) is 0. The molecule has 3 N–H and O–H groups in total. The highest BCUT2D eigenvalue weighted by Gasteiger charge is 2.05. The van der Waals surface area contributed by atoms with Crippen molar-refractivity contribution in [2.45, 2.75) is 13.0 Å². The molecule has 5 nitrogen and oxygen atoms in total. The molecule has 0 aliphatic heterocycles. The normalized spacial score (nSPS) is 10.7. The minimum Gasteiger partial charge on any atom is -0.508 e. The van der Waals surface area contributed by atoms with Crippen LogP contribution in [0, 0.1) is 0 Å². The van der Waals surface area contributed by atoms with E-state index in [9.17, 15) is 5.11 Å². The molecule has 0 saturated carbocycles. The summed E-state index contributed by atoms with van der Waals surface area (Å²) in [6, 6.07) is 11.0. The molecule has 106 valence electrons. The van der Waals surface area contributed by atoms with E-state index < -0.39 is 0 Å². The molecular formula is C16H16N4O. The van der Waals surface area contributed by atoms with Crippen LogP contribution in [0.3, 0.4) is 0 Å². The van der Waals surface area contributed by atoms with Crippen LogP contribution in [0.25, 0.3) is 11.3 Å². The summed E-state index contributed by atoms with van der Waals surface area (Å²) in [6.07, 6.45) is 6.26. The van der Waals surface area contributed by atoms with Crippen molar-refractivity contribution in [3.63, 3.8) is 0 Å². The molecule has 0 spiro atoms. The first-order valence-electron chi connectivity index (χ1n) is 6.72. The van der Waals surface area contributed by atoms with Gasteiger partial charge in [-0.3, -0.25) is 0 Å². The summed E-state index contributed by atoms with van der Waals surface area (Å²) in [5.74, 6) is 0.795. The number of anilines is 1. The Morgan fingerprint density at radius 2 is 1.86 bits per heavy atom. The number of hydrogen-bond acceptors (Lipinski definition) is 4. The van der Waals surface area contributed by atoms with Crippen molar-refractivity contribution in [2.75, 3.05) is 5.73 Å². The molecule has 21 heavy (non-hydrogen) atoms. The summed E-state index contributed by atoms with van der Waals surface area (Å²) < 4.78 is 2.08. The number of aromatic hydroxyl groups is 1. The molecule has 3 rings (SSSR count). The van der Waals surface area contributed by atoms with Crippen LogP contribution in [-0.2, 0) is 13.0 Å². The maximum atomic E-state index is 9.29. The molecule has 0 aliphatic carbocycles. The van der Waals surface area contributed by atoms with Crippen LogP contribution in [0.1, 0.15) is 5.56 Å². The zero-order valence-electron chi connectivity index (χ0n) is 11.5. The lowest BCUT2D eigenvalue weighted by Gasteiger charge is -2.08. The summed E-state index contributed by atoms with van der Waals surface area (Å²) in [4.78, 5) is 8.32. The van der Waals surface area contributed by atoms with Crippen LogP contribution >= 0.6 is 0 Å².